The Bertz CT molecular complexity index is 1610. The number of likely N-dealkylation sites (tertiary alicyclic amines) is 1. The Morgan fingerprint density at radius 3 is 2.60 bits per heavy atom. The van der Waals surface area contributed by atoms with E-state index in [4.69, 9.17) is 39.0 Å². The largest absolute Gasteiger partial charge is 0.389 e. The second-order valence-electron chi connectivity index (χ2n) is 15.0. The fourth-order valence-electron chi connectivity index (χ4n) is 8.04. The highest BCUT2D eigenvalue weighted by atomic mass is 35.5. The lowest BCUT2D eigenvalue weighted by Crippen LogP contribution is -2.51. The summed E-state index contributed by atoms with van der Waals surface area (Å²) < 4.78 is 13.9. The highest BCUT2D eigenvalue weighted by Crippen LogP contribution is 2.52. The molecule has 0 radical (unpaired) electrons. The van der Waals surface area contributed by atoms with Gasteiger partial charge in [-0.25, -0.2) is 0 Å². The summed E-state index contributed by atoms with van der Waals surface area (Å²) in [5, 5.41) is 5.03. The van der Waals surface area contributed by atoms with E-state index in [9.17, 15) is 4.79 Å². The van der Waals surface area contributed by atoms with Crippen LogP contribution in [0.15, 0.2) is 42.6 Å². The van der Waals surface area contributed by atoms with E-state index in [1.807, 2.05) is 18.2 Å². The van der Waals surface area contributed by atoms with E-state index >= 15 is 0 Å². The van der Waals surface area contributed by atoms with Gasteiger partial charge in [0.2, 0.25) is 5.91 Å². The minimum atomic E-state index is 0.0924. The van der Waals surface area contributed by atoms with Crippen LogP contribution in [0.2, 0.25) is 5.02 Å². The fraction of sp³-hybridized carbons (Fsp3) is 0.579. The SMILES string of the molecule is CC1(CCOCCN2CCC3(CC2)CC(C(=O)NCc2ccc4c(-c5cccc(C(N)=S)c5)cn(C5CCOCC5)c4c2Cl)C3)CC1. The van der Waals surface area contributed by atoms with Crippen LogP contribution < -0.4 is 11.1 Å². The molecular formula is C38H49ClN4O3S. The summed E-state index contributed by atoms with van der Waals surface area (Å²) in [6, 6.07) is 12.6. The Balaban J connectivity index is 0.964. The third-order valence-corrected chi connectivity index (χ3v) is 12.3. The van der Waals surface area contributed by atoms with Gasteiger partial charge >= 0.3 is 0 Å². The molecule has 1 amide bonds. The molecule has 3 N–H and O–H groups in total. The van der Waals surface area contributed by atoms with Gasteiger partial charge in [-0.3, -0.25) is 4.79 Å². The third kappa shape index (κ3) is 7.28. The van der Waals surface area contributed by atoms with Crippen LogP contribution in [0.1, 0.15) is 81.9 Å². The van der Waals surface area contributed by atoms with Gasteiger partial charge in [0.15, 0.2) is 0 Å². The van der Waals surface area contributed by atoms with Crippen LogP contribution in [0.4, 0.5) is 0 Å². The van der Waals surface area contributed by atoms with Crippen molar-refractivity contribution in [2.45, 2.75) is 77.3 Å². The molecule has 1 aromatic heterocycles. The molecule has 4 aliphatic rings. The van der Waals surface area contributed by atoms with Gasteiger partial charge in [-0.1, -0.05) is 61.1 Å². The van der Waals surface area contributed by atoms with E-state index in [0.29, 0.717) is 33.4 Å². The number of rotatable bonds is 12. The predicted octanol–water partition coefficient (Wildman–Crippen LogP) is 7.26. The van der Waals surface area contributed by atoms with Crippen molar-refractivity contribution < 1.29 is 14.3 Å². The molecule has 3 aromatic rings. The summed E-state index contributed by atoms with van der Waals surface area (Å²) in [7, 11) is 0. The van der Waals surface area contributed by atoms with E-state index in [1.165, 1.54) is 32.1 Å². The summed E-state index contributed by atoms with van der Waals surface area (Å²) in [5.74, 6) is 0.247. The quantitative estimate of drug-likeness (QED) is 0.155. The van der Waals surface area contributed by atoms with E-state index in [1.54, 1.807) is 0 Å². The van der Waals surface area contributed by atoms with Gasteiger partial charge in [0, 0.05) is 67.6 Å². The number of thiocarbonyl (C=S) groups is 1. The van der Waals surface area contributed by atoms with Gasteiger partial charge in [-0.15, -0.1) is 0 Å². The molecule has 0 unspecified atom stereocenters. The van der Waals surface area contributed by atoms with Crippen molar-refractivity contribution in [3.05, 3.63) is 58.7 Å². The standard InChI is InChI=1S/C38H49ClN4O3S/c1-37(9-10-37)13-19-46-20-16-42-14-11-38(12-15-42)22-29(23-38)36(44)41-24-28-5-6-31-32(26-3-2-4-27(21-26)35(40)47)25-43(34(31)33(28)39)30-7-17-45-18-8-30/h2-6,21,25,29-30H,7-20,22-24H2,1H3,(H2,40,47)(H,41,44). The summed E-state index contributed by atoms with van der Waals surface area (Å²) in [6.07, 6.45) is 12.4. The van der Waals surface area contributed by atoms with Crippen molar-refractivity contribution in [3.8, 4) is 11.1 Å². The smallest absolute Gasteiger partial charge is 0.223 e. The summed E-state index contributed by atoms with van der Waals surface area (Å²) >= 11 is 12.5. The van der Waals surface area contributed by atoms with Gasteiger partial charge in [-0.05, 0) is 98.9 Å². The second kappa shape index (κ2) is 13.8. The third-order valence-electron chi connectivity index (χ3n) is 11.7. The van der Waals surface area contributed by atoms with Gasteiger partial charge in [0.05, 0.1) is 17.1 Å². The average Bonchev–Trinajstić information content (AvgIpc) is 3.67. The van der Waals surface area contributed by atoms with E-state index < -0.39 is 0 Å². The number of ether oxygens (including phenoxy) is 2. The van der Waals surface area contributed by atoms with Crippen LogP contribution in [0.3, 0.4) is 0 Å². The summed E-state index contributed by atoms with van der Waals surface area (Å²) in [4.78, 5) is 16.2. The number of nitrogens with one attached hydrogen (secondary N) is 1. The normalized spacial score (nSPS) is 21.1. The Morgan fingerprint density at radius 1 is 1.11 bits per heavy atom. The van der Waals surface area contributed by atoms with Crippen molar-refractivity contribution in [3.63, 3.8) is 0 Å². The lowest BCUT2D eigenvalue weighted by Gasteiger charge is -2.51. The van der Waals surface area contributed by atoms with Crippen LogP contribution in [0.25, 0.3) is 22.0 Å². The molecule has 2 saturated carbocycles. The molecule has 47 heavy (non-hydrogen) atoms. The number of halogens is 1. The minimum Gasteiger partial charge on any atom is -0.389 e. The van der Waals surface area contributed by atoms with Crippen molar-refractivity contribution in [1.29, 1.82) is 0 Å². The average molecular weight is 677 g/mol. The predicted molar refractivity (Wildman–Crippen MR) is 193 cm³/mol. The highest BCUT2D eigenvalue weighted by molar-refractivity contribution is 7.80. The van der Waals surface area contributed by atoms with Crippen molar-refractivity contribution in [1.82, 2.24) is 14.8 Å². The monoisotopic (exact) mass is 676 g/mol. The number of amides is 1. The van der Waals surface area contributed by atoms with Crippen LogP contribution >= 0.6 is 23.8 Å². The maximum Gasteiger partial charge on any atom is 0.223 e. The first kappa shape index (κ1) is 33.0. The zero-order chi connectivity index (χ0) is 32.6. The first-order valence-electron chi connectivity index (χ1n) is 17.6. The van der Waals surface area contributed by atoms with Crippen LogP contribution in [-0.4, -0.2) is 66.4 Å². The summed E-state index contributed by atoms with van der Waals surface area (Å²) in [5.41, 5.74) is 11.8. The van der Waals surface area contributed by atoms with Crippen molar-refractivity contribution in [2.24, 2.45) is 22.5 Å². The number of hydrogen-bond donors (Lipinski definition) is 2. The number of piperidine rings is 1. The maximum absolute atomic E-state index is 13.3. The van der Waals surface area contributed by atoms with E-state index in [-0.39, 0.29) is 11.8 Å². The second-order valence-corrected chi connectivity index (χ2v) is 15.8. The molecule has 2 saturated heterocycles. The number of aromatic nitrogens is 1. The molecule has 7 nitrogen and oxygen atoms in total. The number of fused-ring (bicyclic) bond motifs is 1. The fourth-order valence-corrected chi connectivity index (χ4v) is 8.50. The van der Waals surface area contributed by atoms with Crippen molar-refractivity contribution in [2.75, 3.05) is 46.1 Å². The Hall–Kier alpha value is -2.49. The molecule has 7 rings (SSSR count). The molecule has 0 atom stereocenters. The highest BCUT2D eigenvalue weighted by Gasteiger charge is 2.48. The Labute approximate surface area is 289 Å². The molecule has 9 heteroatoms. The number of nitrogens with zero attached hydrogens (tertiary/aromatic N) is 2. The van der Waals surface area contributed by atoms with Gasteiger partial charge in [0.25, 0.3) is 0 Å². The van der Waals surface area contributed by atoms with Crippen LogP contribution in [0, 0.1) is 16.7 Å². The summed E-state index contributed by atoms with van der Waals surface area (Å²) in [6.45, 7) is 9.24. The molecule has 252 valence electrons. The first-order valence-corrected chi connectivity index (χ1v) is 18.4. The van der Waals surface area contributed by atoms with Crippen LogP contribution in [0.5, 0.6) is 0 Å². The lowest BCUT2D eigenvalue weighted by atomic mass is 9.57. The Kier molecular flexibility index (Phi) is 9.69. The zero-order valence-corrected chi connectivity index (χ0v) is 29.3. The zero-order valence-electron chi connectivity index (χ0n) is 27.7. The van der Waals surface area contributed by atoms with E-state index in [2.05, 4.69) is 46.1 Å². The molecule has 2 aliphatic carbocycles. The number of hydrogen-bond acceptors (Lipinski definition) is 5. The van der Waals surface area contributed by atoms with Crippen LogP contribution in [-0.2, 0) is 20.8 Å². The van der Waals surface area contributed by atoms with Gasteiger partial charge in [0.1, 0.15) is 4.99 Å². The Morgan fingerprint density at radius 2 is 1.87 bits per heavy atom. The number of carbonyl (C=O) groups excluding carboxylic acids is 1. The number of benzene rings is 2. The number of carbonyl (C=O) groups is 1. The van der Waals surface area contributed by atoms with Gasteiger partial charge in [-0.2, -0.15) is 0 Å². The molecule has 3 heterocycles. The maximum atomic E-state index is 13.3. The van der Waals surface area contributed by atoms with Crippen molar-refractivity contribution >= 4 is 45.6 Å². The molecule has 2 aromatic carbocycles. The minimum absolute atomic E-state index is 0.0924. The molecule has 1 spiro atoms. The molecule has 0 bridgehead atoms. The number of nitrogens with two attached hydrogens (primary N) is 1. The molecular weight excluding hydrogens is 628 g/mol. The topological polar surface area (TPSA) is 81.8 Å². The molecule has 2 aliphatic heterocycles. The van der Waals surface area contributed by atoms with E-state index in [0.717, 1.165) is 105 Å². The first-order chi connectivity index (χ1) is 22.7. The lowest BCUT2D eigenvalue weighted by molar-refractivity contribution is -0.135. The van der Waals surface area contributed by atoms with Gasteiger partial charge < -0.3 is 30.0 Å². The molecule has 4 fully saturated rings.